The fraction of sp³-hybridized carbons (Fsp3) is 0.0714. The number of benzene rings is 1. The summed E-state index contributed by atoms with van der Waals surface area (Å²) in [4.78, 5) is 4.54. The molecule has 2 heterocycles. The van der Waals surface area contributed by atoms with E-state index in [0.29, 0.717) is 0 Å². The first kappa shape index (κ1) is 9.90. The van der Waals surface area contributed by atoms with Crippen LogP contribution in [0.15, 0.2) is 53.1 Å². The highest BCUT2D eigenvalue weighted by molar-refractivity contribution is 5.82. The Hall–Kier alpha value is -2.29. The van der Waals surface area contributed by atoms with Crippen molar-refractivity contribution in [3.8, 4) is 17.2 Å². The Morgan fingerprint density at radius 3 is 2.82 bits per heavy atom. The largest absolute Gasteiger partial charge is 0.497 e. The van der Waals surface area contributed by atoms with Crippen LogP contribution in [0.1, 0.15) is 0 Å². The van der Waals surface area contributed by atoms with Crippen molar-refractivity contribution in [2.24, 2.45) is 0 Å². The van der Waals surface area contributed by atoms with Gasteiger partial charge >= 0.3 is 0 Å². The number of ether oxygens (including phenoxy) is 1. The number of furan rings is 1. The van der Waals surface area contributed by atoms with E-state index in [2.05, 4.69) is 4.98 Å². The lowest BCUT2D eigenvalue weighted by atomic mass is 10.2. The summed E-state index contributed by atoms with van der Waals surface area (Å²) in [6.07, 6.45) is 1.65. The van der Waals surface area contributed by atoms with E-state index in [0.717, 1.165) is 28.1 Å². The van der Waals surface area contributed by atoms with E-state index in [1.54, 1.807) is 13.4 Å². The minimum atomic E-state index is 0.780. The van der Waals surface area contributed by atoms with Gasteiger partial charge in [0, 0.05) is 5.39 Å². The molecule has 0 aliphatic heterocycles. The molecule has 0 saturated heterocycles. The van der Waals surface area contributed by atoms with Crippen molar-refractivity contribution in [2.75, 3.05) is 7.11 Å². The van der Waals surface area contributed by atoms with E-state index in [9.17, 15) is 0 Å². The third-order valence-electron chi connectivity index (χ3n) is 2.67. The first-order valence-corrected chi connectivity index (χ1v) is 5.35. The van der Waals surface area contributed by atoms with Gasteiger partial charge in [-0.1, -0.05) is 6.07 Å². The number of fused-ring (bicyclic) bond motifs is 1. The monoisotopic (exact) mass is 225 g/mol. The summed E-state index contributed by atoms with van der Waals surface area (Å²) in [7, 11) is 1.66. The van der Waals surface area contributed by atoms with Gasteiger partial charge in [0.15, 0.2) is 5.76 Å². The van der Waals surface area contributed by atoms with Gasteiger partial charge in [-0.3, -0.25) is 0 Å². The van der Waals surface area contributed by atoms with Gasteiger partial charge in [0.25, 0.3) is 0 Å². The van der Waals surface area contributed by atoms with E-state index in [1.165, 1.54) is 0 Å². The maximum absolute atomic E-state index is 5.33. The van der Waals surface area contributed by atoms with Gasteiger partial charge < -0.3 is 9.15 Å². The standard InChI is InChI=1S/C14H11NO2/c1-16-11-5-7-12-10(9-11)4-6-13(15-12)14-3-2-8-17-14/h2-9H,1H3. The summed E-state index contributed by atoms with van der Waals surface area (Å²) >= 11 is 0. The molecule has 0 N–H and O–H groups in total. The van der Waals surface area contributed by atoms with Crippen LogP contribution in [-0.2, 0) is 0 Å². The molecule has 0 spiro atoms. The van der Waals surface area contributed by atoms with Gasteiger partial charge in [-0.2, -0.15) is 0 Å². The Balaban J connectivity index is 2.14. The zero-order valence-electron chi connectivity index (χ0n) is 9.38. The number of rotatable bonds is 2. The summed E-state index contributed by atoms with van der Waals surface area (Å²) in [5.41, 5.74) is 1.77. The summed E-state index contributed by atoms with van der Waals surface area (Å²) in [6, 6.07) is 13.5. The van der Waals surface area contributed by atoms with Gasteiger partial charge in [-0.05, 0) is 36.4 Å². The van der Waals surface area contributed by atoms with Crippen molar-refractivity contribution in [1.29, 1.82) is 0 Å². The lowest BCUT2D eigenvalue weighted by Crippen LogP contribution is -1.86. The molecule has 0 aliphatic carbocycles. The molecule has 0 unspecified atom stereocenters. The smallest absolute Gasteiger partial charge is 0.152 e. The van der Waals surface area contributed by atoms with E-state index in [1.807, 2.05) is 42.5 Å². The quantitative estimate of drug-likeness (QED) is 0.669. The van der Waals surface area contributed by atoms with Crippen LogP contribution in [0.4, 0.5) is 0 Å². The first-order chi connectivity index (χ1) is 8.36. The Morgan fingerprint density at radius 1 is 1.12 bits per heavy atom. The van der Waals surface area contributed by atoms with Gasteiger partial charge in [-0.15, -0.1) is 0 Å². The summed E-state index contributed by atoms with van der Waals surface area (Å²) < 4.78 is 10.5. The third-order valence-corrected chi connectivity index (χ3v) is 2.67. The van der Waals surface area contributed by atoms with Gasteiger partial charge in [0.05, 0.1) is 18.9 Å². The minimum absolute atomic E-state index is 0.780. The van der Waals surface area contributed by atoms with Crippen LogP contribution >= 0.6 is 0 Å². The van der Waals surface area contributed by atoms with E-state index in [4.69, 9.17) is 9.15 Å². The van der Waals surface area contributed by atoms with Crippen LogP contribution in [-0.4, -0.2) is 12.1 Å². The molecular weight excluding hydrogens is 214 g/mol. The van der Waals surface area contributed by atoms with Gasteiger partial charge in [-0.25, -0.2) is 4.98 Å². The topological polar surface area (TPSA) is 35.3 Å². The first-order valence-electron chi connectivity index (χ1n) is 5.35. The zero-order valence-corrected chi connectivity index (χ0v) is 9.38. The molecule has 1 aromatic carbocycles. The van der Waals surface area contributed by atoms with Crippen molar-refractivity contribution < 1.29 is 9.15 Å². The molecular formula is C14H11NO2. The highest BCUT2D eigenvalue weighted by atomic mass is 16.5. The summed E-state index contributed by atoms with van der Waals surface area (Å²) in [5, 5.41) is 1.06. The Kier molecular flexibility index (Phi) is 2.29. The highest BCUT2D eigenvalue weighted by Gasteiger charge is 2.04. The number of pyridine rings is 1. The molecule has 3 rings (SSSR count). The van der Waals surface area contributed by atoms with E-state index in [-0.39, 0.29) is 0 Å². The average molecular weight is 225 g/mol. The van der Waals surface area contributed by atoms with Gasteiger partial charge in [0.1, 0.15) is 11.4 Å². The molecule has 3 heteroatoms. The molecule has 0 amide bonds. The van der Waals surface area contributed by atoms with Crippen molar-refractivity contribution in [2.45, 2.75) is 0 Å². The number of hydrogen-bond acceptors (Lipinski definition) is 3. The number of hydrogen-bond donors (Lipinski definition) is 0. The molecule has 17 heavy (non-hydrogen) atoms. The second-order valence-electron chi connectivity index (χ2n) is 3.73. The maximum Gasteiger partial charge on any atom is 0.152 e. The predicted molar refractivity (Wildman–Crippen MR) is 66.0 cm³/mol. The molecule has 3 aromatic rings. The van der Waals surface area contributed by atoms with Crippen molar-refractivity contribution >= 4 is 10.9 Å². The van der Waals surface area contributed by atoms with Gasteiger partial charge in [0.2, 0.25) is 0 Å². The third kappa shape index (κ3) is 1.76. The molecule has 84 valence electrons. The molecule has 3 nitrogen and oxygen atoms in total. The minimum Gasteiger partial charge on any atom is -0.497 e. The Morgan fingerprint density at radius 2 is 2.06 bits per heavy atom. The molecule has 2 aromatic heterocycles. The van der Waals surface area contributed by atoms with Crippen LogP contribution < -0.4 is 4.74 Å². The zero-order chi connectivity index (χ0) is 11.7. The second-order valence-corrected chi connectivity index (χ2v) is 3.73. The lowest BCUT2D eigenvalue weighted by Gasteiger charge is -2.03. The predicted octanol–water partition coefficient (Wildman–Crippen LogP) is 3.50. The normalized spacial score (nSPS) is 10.6. The van der Waals surface area contributed by atoms with E-state index >= 15 is 0 Å². The van der Waals surface area contributed by atoms with Crippen molar-refractivity contribution in [1.82, 2.24) is 4.98 Å². The second kappa shape index (κ2) is 3.94. The highest BCUT2D eigenvalue weighted by Crippen LogP contribution is 2.23. The molecule has 0 bridgehead atoms. The molecule has 0 radical (unpaired) electrons. The number of methoxy groups -OCH3 is 1. The SMILES string of the molecule is COc1ccc2nc(-c3ccco3)ccc2c1. The fourth-order valence-electron chi connectivity index (χ4n) is 1.79. The molecule has 0 saturated carbocycles. The van der Waals surface area contributed by atoms with Crippen LogP contribution in [0.25, 0.3) is 22.4 Å². The van der Waals surface area contributed by atoms with Crippen LogP contribution in [0.5, 0.6) is 5.75 Å². The lowest BCUT2D eigenvalue weighted by molar-refractivity contribution is 0.415. The van der Waals surface area contributed by atoms with Crippen LogP contribution in [0.3, 0.4) is 0 Å². The van der Waals surface area contributed by atoms with Crippen LogP contribution in [0, 0.1) is 0 Å². The summed E-state index contributed by atoms with van der Waals surface area (Å²) in [6.45, 7) is 0. The van der Waals surface area contributed by atoms with Crippen LogP contribution in [0.2, 0.25) is 0 Å². The molecule has 0 fully saturated rings. The summed E-state index contributed by atoms with van der Waals surface area (Å²) in [5.74, 6) is 1.62. The number of aromatic nitrogens is 1. The average Bonchev–Trinajstić information content (AvgIpc) is 2.91. The molecule has 0 aliphatic rings. The number of nitrogens with zero attached hydrogens (tertiary/aromatic N) is 1. The molecule has 0 atom stereocenters. The van der Waals surface area contributed by atoms with E-state index < -0.39 is 0 Å². The van der Waals surface area contributed by atoms with Crippen molar-refractivity contribution in [3.05, 3.63) is 48.7 Å². The Bertz CT molecular complexity index is 644. The maximum atomic E-state index is 5.33. The Labute approximate surface area is 98.7 Å². The van der Waals surface area contributed by atoms with Crippen molar-refractivity contribution in [3.63, 3.8) is 0 Å². The fourth-order valence-corrected chi connectivity index (χ4v) is 1.79.